The van der Waals surface area contributed by atoms with Crippen molar-refractivity contribution >= 4 is 5.91 Å². The third kappa shape index (κ3) is 3.04. The standard InChI is InChI=1S/C15H22N2O3/c1-10-7-16-8-12(10)15(19)17(2)9-11-4-5-13(18)14(6-11)20-3/h4-6,10,12,16,18H,7-9H2,1-3H3. The molecule has 2 atom stereocenters. The highest BCUT2D eigenvalue weighted by molar-refractivity contribution is 5.79. The van der Waals surface area contributed by atoms with E-state index in [-0.39, 0.29) is 17.6 Å². The predicted molar refractivity (Wildman–Crippen MR) is 76.7 cm³/mol. The van der Waals surface area contributed by atoms with Gasteiger partial charge in [-0.2, -0.15) is 0 Å². The number of rotatable bonds is 4. The first-order valence-corrected chi connectivity index (χ1v) is 6.84. The van der Waals surface area contributed by atoms with Gasteiger partial charge in [-0.1, -0.05) is 13.0 Å². The van der Waals surface area contributed by atoms with Gasteiger partial charge in [0.25, 0.3) is 0 Å². The molecule has 5 heteroatoms. The van der Waals surface area contributed by atoms with E-state index < -0.39 is 0 Å². The highest BCUT2D eigenvalue weighted by Crippen LogP contribution is 2.27. The van der Waals surface area contributed by atoms with Crippen molar-refractivity contribution in [1.29, 1.82) is 0 Å². The molecule has 1 aromatic rings. The number of nitrogens with one attached hydrogen (secondary N) is 1. The molecule has 1 fully saturated rings. The van der Waals surface area contributed by atoms with Crippen LogP contribution in [0.2, 0.25) is 0 Å². The molecule has 1 amide bonds. The maximum absolute atomic E-state index is 12.4. The molecule has 0 aromatic heterocycles. The quantitative estimate of drug-likeness (QED) is 0.869. The van der Waals surface area contributed by atoms with Crippen molar-refractivity contribution in [2.24, 2.45) is 11.8 Å². The maximum Gasteiger partial charge on any atom is 0.227 e. The van der Waals surface area contributed by atoms with Crippen molar-refractivity contribution in [2.75, 3.05) is 27.2 Å². The average molecular weight is 278 g/mol. The van der Waals surface area contributed by atoms with Gasteiger partial charge in [-0.25, -0.2) is 0 Å². The van der Waals surface area contributed by atoms with E-state index in [2.05, 4.69) is 12.2 Å². The molecule has 0 radical (unpaired) electrons. The summed E-state index contributed by atoms with van der Waals surface area (Å²) >= 11 is 0. The lowest BCUT2D eigenvalue weighted by Gasteiger charge is -2.23. The van der Waals surface area contributed by atoms with E-state index in [9.17, 15) is 9.90 Å². The van der Waals surface area contributed by atoms with Crippen molar-refractivity contribution < 1.29 is 14.6 Å². The number of carbonyl (C=O) groups is 1. The van der Waals surface area contributed by atoms with Gasteiger partial charge < -0.3 is 20.1 Å². The van der Waals surface area contributed by atoms with Crippen molar-refractivity contribution in [2.45, 2.75) is 13.5 Å². The first-order valence-electron chi connectivity index (χ1n) is 6.84. The SMILES string of the molecule is COc1cc(CN(C)C(=O)C2CNCC2C)ccc1O. The fourth-order valence-corrected chi connectivity index (χ4v) is 2.60. The summed E-state index contributed by atoms with van der Waals surface area (Å²) in [6.45, 7) is 4.26. The number of carbonyl (C=O) groups excluding carboxylic acids is 1. The van der Waals surface area contributed by atoms with Crippen molar-refractivity contribution in [3.63, 3.8) is 0 Å². The largest absolute Gasteiger partial charge is 0.504 e. The molecule has 1 aromatic carbocycles. The van der Waals surface area contributed by atoms with Crippen LogP contribution in [0.1, 0.15) is 12.5 Å². The fraction of sp³-hybridized carbons (Fsp3) is 0.533. The number of hydrogen-bond donors (Lipinski definition) is 2. The first kappa shape index (κ1) is 14.7. The van der Waals surface area contributed by atoms with Crippen LogP contribution in [0.25, 0.3) is 0 Å². The Hall–Kier alpha value is -1.75. The van der Waals surface area contributed by atoms with Crippen molar-refractivity contribution in [3.8, 4) is 11.5 Å². The number of benzene rings is 1. The van der Waals surface area contributed by atoms with Gasteiger partial charge in [-0.15, -0.1) is 0 Å². The van der Waals surface area contributed by atoms with E-state index in [0.717, 1.165) is 18.7 Å². The van der Waals surface area contributed by atoms with Gasteiger partial charge in [0, 0.05) is 20.1 Å². The van der Waals surface area contributed by atoms with Gasteiger partial charge in [0.2, 0.25) is 5.91 Å². The summed E-state index contributed by atoms with van der Waals surface area (Å²) in [4.78, 5) is 14.1. The zero-order valence-corrected chi connectivity index (χ0v) is 12.2. The van der Waals surface area contributed by atoms with Crippen LogP contribution in [0.5, 0.6) is 11.5 Å². The van der Waals surface area contributed by atoms with Crippen LogP contribution >= 0.6 is 0 Å². The number of hydrogen-bond acceptors (Lipinski definition) is 4. The molecule has 0 aliphatic carbocycles. The van der Waals surface area contributed by atoms with Crippen molar-refractivity contribution in [1.82, 2.24) is 10.2 Å². The predicted octanol–water partition coefficient (Wildman–Crippen LogP) is 1.21. The maximum atomic E-state index is 12.4. The Bertz CT molecular complexity index is 490. The molecule has 5 nitrogen and oxygen atoms in total. The van der Waals surface area contributed by atoms with Gasteiger partial charge in [0.05, 0.1) is 13.0 Å². The zero-order chi connectivity index (χ0) is 14.7. The molecule has 2 N–H and O–H groups in total. The molecule has 1 aliphatic rings. The number of methoxy groups -OCH3 is 1. The lowest BCUT2D eigenvalue weighted by atomic mass is 9.96. The Labute approximate surface area is 119 Å². The summed E-state index contributed by atoms with van der Waals surface area (Å²) in [5, 5.41) is 12.8. The molecular formula is C15H22N2O3. The Morgan fingerprint density at radius 3 is 2.85 bits per heavy atom. The highest BCUT2D eigenvalue weighted by Gasteiger charge is 2.31. The molecule has 2 rings (SSSR count). The first-order chi connectivity index (χ1) is 9.52. The molecule has 1 saturated heterocycles. The third-order valence-electron chi connectivity index (χ3n) is 3.87. The number of nitrogens with zero attached hydrogens (tertiary/aromatic N) is 1. The normalized spacial score (nSPS) is 21.8. The van der Waals surface area contributed by atoms with E-state index in [4.69, 9.17) is 4.74 Å². The topological polar surface area (TPSA) is 61.8 Å². The molecule has 20 heavy (non-hydrogen) atoms. The number of phenols is 1. The summed E-state index contributed by atoms with van der Waals surface area (Å²) < 4.78 is 5.08. The number of ether oxygens (including phenoxy) is 1. The van der Waals surface area contributed by atoms with Crippen LogP contribution in [0.15, 0.2) is 18.2 Å². The minimum atomic E-state index is 0.0546. The van der Waals surface area contributed by atoms with Crippen LogP contribution in [-0.2, 0) is 11.3 Å². The average Bonchev–Trinajstić information content (AvgIpc) is 2.86. The van der Waals surface area contributed by atoms with E-state index in [0.29, 0.717) is 18.2 Å². The van der Waals surface area contributed by atoms with Gasteiger partial charge in [0.15, 0.2) is 11.5 Å². The molecule has 2 unspecified atom stereocenters. The van der Waals surface area contributed by atoms with Gasteiger partial charge in [-0.05, 0) is 30.2 Å². The lowest BCUT2D eigenvalue weighted by molar-refractivity contribution is -0.135. The van der Waals surface area contributed by atoms with Crippen LogP contribution in [0.3, 0.4) is 0 Å². The molecule has 0 spiro atoms. The Balaban J connectivity index is 2.03. The summed E-state index contributed by atoms with van der Waals surface area (Å²) in [5.74, 6) is 1.13. The smallest absolute Gasteiger partial charge is 0.227 e. The van der Waals surface area contributed by atoms with Gasteiger partial charge >= 0.3 is 0 Å². The number of phenolic OH excluding ortho intramolecular Hbond substituents is 1. The summed E-state index contributed by atoms with van der Waals surface area (Å²) in [7, 11) is 3.33. The monoisotopic (exact) mass is 278 g/mol. The molecule has 0 bridgehead atoms. The Morgan fingerprint density at radius 2 is 2.25 bits per heavy atom. The summed E-state index contributed by atoms with van der Waals surface area (Å²) in [5.41, 5.74) is 0.939. The number of aromatic hydroxyl groups is 1. The molecule has 1 aliphatic heterocycles. The van der Waals surface area contributed by atoms with E-state index in [1.165, 1.54) is 7.11 Å². The zero-order valence-electron chi connectivity index (χ0n) is 12.2. The van der Waals surface area contributed by atoms with E-state index >= 15 is 0 Å². The van der Waals surface area contributed by atoms with Gasteiger partial charge in [-0.3, -0.25) is 4.79 Å². The molecule has 0 saturated carbocycles. The fourth-order valence-electron chi connectivity index (χ4n) is 2.60. The molecule has 110 valence electrons. The molecule has 1 heterocycles. The van der Waals surface area contributed by atoms with Crippen LogP contribution in [-0.4, -0.2) is 43.2 Å². The Morgan fingerprint density at radius 1 is 1.50 bits per heavy atom. The second-order valence-corrected chi connectivity index (χ2v) is 5.44. The van der Waals surface area contributed by atoms with Gasteiger partial charge in [0.1, 0.15) is 0 Å². The summed E-state index contributed by atoms with van der Waals surface area (Å²) in [6.07, 6.45) is 0. The van der Waals surface area contributed by atoms with Crippen LogP contribution in [0.4, 0.5) is 0 Å². The number of amides is 1. The van der Waals surface area contributed by atoms with Crippen LogP contribution in [0, 0.1) is 11.8 Å². The highest BCUT2D eigenvalue weighted by atomic mass is 16.5. The van der Waals surface area contributed by atoms with Crippen LogP contribution < -0.4 is 10.1 Å². The second-order valence-electron chi connectivity index (χ2n) is 5.44. The third-order valence-corrected chi connectivity index (χ3v) is 3.87. The van der Waals surface area contributed by atoms with E-state index in [1.54, 1.807) is 23.1 Å². The minimum Gasteiger partial charge on any atom is -0.504 e. The minimum absolute atomic E-state index is 0.0546. The summed E-state index contributed by atoms with van der Waals surface area (Å²) in [6, 6.07) is 5.15. The van der Waals surface area contributed by atoms with Crippen molar-refractivity contribution in [3.05, 3.63) is 23.8 Å². The molecular weight excluding hydrogens is 256 g/mol. The Kier molecular flexibility index (Phi) is 4.49. The second kappa shape index (κ2) is 6.13. The lowest BCUT2D eigenvalue weighted by Crippen LogP contribution is -2.35. The van der Waals surface area contributed by atoms with E-state index in [1.807, 2.05) is 7.05 Å².